The predicted octanol–water partition coefficient (Wildman–Crippen LogP) is 1.73. The fourth-order valence-corrected chi connectivity index (χ4v) is 4.06. The van der Waals surface area contributed by atoms with Crippen molar-refractivity contribution >= 4 is 29.3 Å². The Kier molecular flexibility index (Phi) is 3.88. The maximum absolute atomic E-state index is 13.5. The zero-order chi connectivity index (χ0) is 11.5. The highest BCUT2D eigenvalue weighted by Crippen LogP contribution is 2.35. The number of nitrogens with zero attached hydrogens (tertiary/aromatic N) is 2. The van der Waals surface area contributed by atoms with Crippen LogP contribution in [0.2, 0.25) is 0 Å². The first kappa shape index (κ1) is 11.9. The summed E-state index contributed by atoms with van der Waals surface area (Å²) in [6.07, 6.45) is 0. The van der Waals surface area contributed by atoms with Crippen LogP contribution in [0.5, 0.6) is 0 Å². The molecule has 1 saturated heterocycles. The minimum Gasteiger partial charge on any atom is -0.306 e. The summed E-state index contributed by atoms with van der Waals surface area (Å²) in [4.78, 5) is 8.31. The number of rotatable bonds is 2. The minimum absolute atomic E-state index is 0.0821. The lowest BCUT2D eigenvalue weighted by Gasteiger charge is -2.20. The molecule has 7 heteroatoms. The monoisotopic (exact) mass is 260 g/mol. The molecule has 1 aliphatic rings. The van der Waals surface area contributed by atoms with Gasteiger partial charge in [-0.3, -0.25) is 0 Å². The van der Waals surface area contributed by atoms with Gasteiger partial charge in [0.15, 0.2) is 11.6 Å². The van der Waals surface area contributed by atoms with Crippen LogP contribution in [0.4, 0.5) is 10.2 Å². The molecule has 2 heterocycles. The predicted molar refractivity (Wildman–Crippen MR) is 67.1 cm³/mol. The summed E-state index contributed by atoms with van der Waals surface area (Å²) in [6.45, 7) is 1.63. The van der Waals surface area contributed by atoms with Gasteiger partial charge in [0.1, 0.15) is 5.82 Å². The number of hydrogen-bond acceptors (Lipinski definition) is 6. The van der Waals surface area contributed by atoms with Crippen LogP contribution >= 0.6 is 23.5 Å². The Morgan fingerprint density at radius 2 is 2.25 bits per heavy atom. The molecule has 1 aromatic heterocycles. The molecule has 16 heavy (non-hydrogen) atoms. The van der Waals surface area contributed by atoms with Crippen molar-refractivity contribution in [2.75, 3.05) is 22.7 Å². The molecule has 1 atom stereocenters. The van der Waals surface area contributed by atoms with Crippen molar-refractivity contribution in [1.29, 1.82) is 0 Å². The molecule has 1 aliphatic heterocycles. The summed E-state index contributed by atoms with van der Waals surface area (Å²) in [5.74, 6) is 8.72. The van der Waals surface area contributed by atoms with Crippen LogP contribution in [-0.2, 0) is 0 Å². The van der Waals surface area contributed by atoms with E-state index < -0.39 is 5.82 Å². The van der Waals surface area contributed by atoms with Gasteiger partial charge < -0.3 is 5.43 Å². The van der Waals surface area contributed by atoms with E-state index in [2.05, 4.69) is 15.4 Å². The number of thioether (sulfide) groups is 2. The largest absolute Gasteiger partial charge is 0.306 e. The van der Waals surface area contributed by atoms with Gasteiger partial charge in [-0.2, -0.15) is 11.8 Å². The fourth-order valence-electron chi connectivity index (χ4n) is 1.46. The molecule has 0 spiro atoms. The number of nitrogens with two attached hydrogens (primary N) is 1. The van der Waals surface area contributed by atoms with Crippen molar-refractivity contribution in [3.05, 3.63) is 17.3 Å². The first-order valence-electron chi connectivity index (χ1n) is 4.92. The number of nitrogen functional groups attached to an aromatic ring is 1. The standard InChI is InChI=1S/C9H13FN4S2/c1-5-7(10)9(14-11)13-8(12-5)6-4-15-2-3-16-6/h6H,2-4,11H2,1H3,(H,12,13,14). The van der Waals surface area contributed by atoms with Crippen LogP contribution < -0.4 is 11.3 Å². The normalized spacial score (nSPS) is 20.8. The number of hydrogen-bond donors (Lipinski definition) is 2. The van der Waals surface area contributed by atoms with E-state index in [0.29, 0.717) is 11.5 Å². The molecule has 0 radical (unpaired) electrons. The van der Waals surface area contributed by atoms with Crippen molar-refractivity contribution in [3.8, 4) is 0 Å². The Hall–Kier alpha value is -0.530. The fraction of sp³-hybridized carbons (Fsp3) is 0.556. The van der Waals surface area contributed by atoms with Crippen LogP contribution in [0.25, 0.3) is 0 Å². The van der Waals surface area contributed by atoms with Gasteiger partial charge in [0.05, 0.1) is 10.9 Å². The third kappa shape index (κ3) is 2.41. The van der Waals surface area contributed by atoms with Crippen molar-refractivity contribution in [2.45, 2.75) is 12.2 Å². The van der Waals surface area contributed by atoms with Crippen molar-refractivity contribution in [1.82, 2.24) is 9.97 Å². The number of aromatic nitrogens is 2. The second-order valence-electron chi connectivity index (χ2n) is 3.41. The number of aryl methyl sites for hydroxylation is 1. The molecule has 0 amide bonds. The van der Waals surface area contributed by atoms with Gasteiger partial charge in [0.2, 0.25) is 0 Å². The lowest BCUT2D eigenvalue weighted by Crippen LogP contribution is -2.17. The molecule has 88 valence electrons. The molecule has 0 saturated carbocycles. The van der Waals surface area contributed by atoms with Crippen LogP contribution in [0.1, 0.15) is 16.8 Å². The van der Waals surface area contributed by atoms with Gasteiger partial charge in [0.25, 0.3) is 0 Å². The summed E-state index contributed by atoms with van der Waals surface area (Å²) in [5.41, 5.74) is 2.62. The highest BCUT2D eigenvalue weighted by molar-refractivity contribution is 8.06. The minimum atomic E-state index is -0.472. The summed E-state index contributed by atoms with van der Waals surface area (Å²) in [6, 6.07) is 0. The lowest BCUT2D eigenvalue weighted by molar-refractivity contribution is 0.600. The van der Waals surface area contributed by atoms with Crippen molar-refractivity contribution < 1.29 is 4.39 Å². The molecule has 3 N–H and O–H groups in total. The Bertz CT molecular complexity index is 382. The first-order chi connectivity index (χ1) is 7.72. The smallest absolute Gasteiger partial charge is 0.187 e. The van der Waals surface area contributed by atoms with E-state index in [1.165, 1.54) is 0 Å². The van der Waals surface area contributed by atoms with Crippen LogP contribution in [0.15, 0.2) is 0 Å². The molecule has 2 rings (SSSR count). The SMILES string of the molecule is Cc1nc(C2CSCCS2)nc(NN)c1F. The second kappa shape index (κ2) is 5.20. The molecule has 0 aliphatic carbocycles. The first-order valence-corrected chi connectivity index (χ1v) is 7.12. The summed E-state index contributed by atoms with van der Waals surface area (Å²) in [7, 11) is 0. The zero-order valence-corrected chi connectivity index (χ0v) is 10.5. The molecule has 0 bridgehead atoms. The van der Waals surface area contributed by atoms with Gasteiger partial charge >= 0.3 is 0 Å². The Balaban J connectivity index is 2.29. The molecule has 0 aromatic carbocycles. The molecule has 1 aromatic rings. The van der Waals surface area contributed by atoms with E-state index in [9.17, 15) is 4.39 Å². The third-order valence-electron chi connectivity index (χ3n) is 2.27. The Morgan fingerprint density at radius 1 is 1.44 bits per heavy atom. The Labute approximate surface area is 102 Å². The van der Waals surface area contributed by atoms with Crippen molar-refractivity contribution in [3.63, 3.8) is 0 Å². The highest BCUT2D eigenvalue weighted by Gasteiger charge is 2.21. The molecular weight excluding hydrogens is 247 g/mol. The summed E-state index contributed by atoms with van der Waals surface area (Å²) in [5, 5.41) is 0.241. The number of hydrazine groups is 1. The summed E-state index contributed by atoms with van der Waals surface area (Å²) < 4.78 is 13.5. The quantitative estimate of drug-likeness (QED) is 0.624. The molecule has 1 unspecified atom stereocenters. The van der Waals surface area contributed by atoms with Gasteiger partial charge in [0, 0.05) is 17.3 Å². The van der Waals surface area contributed by atoms with Gasteiger partial charge in [-0.25, -0.2) is 20.2 Å². The number of nitrogens with one attached hydrogen (secondary N) is 1. The van der Waals surface area contributed by atoms with Gasteiger partial charge in [-0.15, -0.1) is 11.8 Å². The van der Waals surface area contributed by atoms with Crippen LogP contribution in [0, 0.1) is 12.7 Å². The van der Waals surface area contributed by atoms with E-state index >= 15 is 0 Å². The van der Waals surface area contributed by atoms with Crippen LogP contribution in [0.3, 0.4) is 0 Å². The zero-order valence-electron chi connectivity index (χ0n) is 8.86. The van der Waals surface area contributed by atoms with E-state index in [0.717, 1.165) is 17.3 Å². The average molecular weight is 260 g/mol. The topological polar surface area (TPSA) is 63.8 Å². The van der Waals surface area contributed by atoms with Crippen molar-refractivity contribution in [2.24, 2.45) is 5.84 Å². The van der Waals surface area contributed by atoms with E-state index in [-0.39, 0.29) is 11.1 Å². The lowest BCUT2D eigenvalue weighted by atomic mass is 10.3. The number of halogens is 1. The third-order valence-corrected chi connectivity index (χ3v) is 5.03. The highest BCUT2D eigenvalue weighted by atomic mass is 32.2. The second-order valence-corrected chi connectivity index (χ2v) is 5.87. The molecular formula is C9H13FN4S2. The summed E-state index contributed by atoms with van der Waals surface area (Å²) >= 11 is 3.69. The van der Waals surface area contributed by atoms with E-state index in [1.807, 2.05) is 23.5 Å². The van der Waals surface area contributed by atoms with Crippen LogP contribution in [-0.4, -0.2) is 27.2 Å². The average Bonchev–Trinajstić information content (AvgIpc) is 2.33. The number of anilines is 1. The maximum Gasteiger partial charge on any atom is 0.187 e. The molecule has 4 nitrogen and oxygen atoms in total. The molecule has 1 fully saturated rings. The van der Waals surface area contributed by atoms with E-state index in [4.69, 9.17) is 5.84 Å². The maximum atomic E-state index is 13.5. The van der Waals surface area contributed by atoms with E-state index in [1.54, 1.807) is 6.92 Å². The Morgan fingerprint density at radius 3 is 2.88 bits per heavy atom. The van der Waals surface area contributed by atoms with Gasteiger partial charge in [-0.05, 0) is 6.92 Å². The van der Waals surface area contributed by atoms with Gasteiger partial charge in [-0.1, -0.05) is 0 Å².